The van der Waals surface area contributed by atoms with E-state index >= 15 is 4.39 Å². The highest BCUT2D eigenvalue weighted by Crippen LogP contribution is 2.42. The quantitative estimate of drug-likeness (QED) is 0.659. The first-order chi connectivity index (χ1) is 16.0. The first-order valence-corrected chi connectivity index (χ1v) is 12.8. The van der Waals surface area contributed by atoms with Crippen molar-refractivity contribution in [3.05, 3.63) is 23.5 Å². The lowest BCUT2D eigenvalue weighted by molar-refractivity contribution is -0.121. The van der Waals surface area contributed by atoms with Gasteiger partial charge in [0.2, 0.25) is 5.91 Å². The van der Waals surface area contributed by atoms with Gasteiger partial charge in [-0.25, -0.2) is 4.39 Å². The molecule has 7 nitrogen and oxygen atoms in total. The summed E-state index contributed by atoms with van der Waals surface area (Å²) in [6, 6.07) is 2.83. The van der Waals surface area contributed by atoms with Crippen molar-refractivity contribution in [3.63, 3.8) is 0 Å². The van der Waals surface area contributed by atoms with E-state index in [9.17, 15) is 4.79 Å². The highest BCUT2D eigenvalue weighted by Gasteiger charge is 2.42. The lowest BCUT2D eigenvalue weighted by atomic mass is 9.90. The summed E-state index contributed by atoms with van der Waals surface area (Å²) < 4.78 is 20.7. The number of rotatable bonds is 6. The van der Waals surface area contributed by atoms with Gasteiger partial charge in [-0.2, -0.15) is 0 Å². The van der Waals surface area contributed by atoms with Crippen molar-refractivity contribution < 1.29 is 13.9 Å². The Balaban J connectivity index is 0.00000342. The highest BCUT2D eigenvalue weighted by atomic mass is 19.1. The number of ether oxygens (including phenoxy) is 1. The lowest BCUT2D eigenvalue weighted by Gasteiger charge is -2.43. The second-order valence-corrected chi connectivity index (χ2v) is 11.3. The van der Waals surface area contributed by atoms with Crippen molar-refractivity contribution >= 4 is 11.6 Å². The van der Waals surface area contributed by atoms with E-state index in [0.29, 0.717) is 37.2 Å². The number of halogens is 1. The summed E-state index contributed by atoms with van der Waals surface area (Å²) in [5.74, 6) is 0.0666. The fourth-order valence-corrected chi connectivity index (χ4v) is 5.42. The SMILES string of the molecule is C.CCC(C)(F)c1cnc2c(c1)N(C(=O)CN1C[C@@H](C)NC[C@@H]1CN1CCOC[C@H]1C)CC2(C)C. The maximum Gasteiger partial charge on any atom is 0.241 e. The number of aromatic nitrogens is 1. The van der Waals surface area contributed by atoms with Gasteiger partial charge >= 0.3 is 0 Å². The number of pyridine rings is 1. The third-order valence-corrected chi connectivity index (χ3v) is 7.94. The number of nitrogens with one attached hydrogen (secondary N) is 1. The van der Waals surface area contributed by atoms with Gasteiger partial charge < -0.3 is 15.0 Å². The molecule has 2 fully saturated rings. The molecule has 3 aliphatic rings. The van der Waals surface area contributed by atoms with Gasteiger partial charge in [0.1, 0.15) is 5.67 Å². The van der Waals surface area contributed by atoms with E-state index in [1.54, 1.807) is 13.1 Å². The second-order valence-electron chi connectivity index (χ2n) is 11.3. The van der Waals surface area contributed by atoms with Crippen LogP contribution in [-0.2, 0) is 20.6 Å². The van der Waals surface area contributed by atoms with Gasteiger partial charge in [-0.05, 0) is 33.3 Å². The lowest BCUT2D eigenvalue weighted by Crippen LogP contribution is -2.62. The van der Waals surface area contributed by atoms with Crippen LogP contribution in [0.2, 0.25) is 0 Å². The Morgan fingerprint density at radius 3 is 2.77 bits per heavy atom. The van der Waals surface area contributed by atoms with Crippen LogP contribution in [0.15, 0.2) is 12.3 Å². The van der Waals surface area contributed by atoms with Gasteiger partial charge in [-0.1, -0.05) is 28.2 Å². The molecule has 198 valence electrons. The zero-order chi connectivity index (χ0) is 24.7. The van der Waals surface area contributed by atoms with Crippen LogP contribution in [0.4, 0.5) is 10.1 Å². The van der Waals surface area contributed by atoms with Gasteiger partial charge in [0.15, 0.2) is 0 Å². The highest BCUT2D eigenvalue weighted by molar-refractivity contribution is 5.97. The molecule has 4 rings (SSSR count). The molecule has 4 heterocycles. The number of fused-ring (bicyclic) bond motifs is 1. The number of piperazine rings is 1. The van der Waals surface area contributed by atoms with Crippen molar-refractivity contribution in [3.8, 4) is 0 Å². The molecule has 0 aromatic carbocycles. The molecule has 8 heteroatoms. The van der Waals surface area contributed by atoms with Crippen LogP contribution >= 0.6 is 0 Å². The first kappa shape index (κ1) is 28.0. The Hall–Kier alpha value is -1.61. The van der Waals surface area contributed by atoms with Crippen LogP contribution in [0.3, 0.4) is 0 Å². The number of hydrogen-bond acceptors (Lipinski definition) is 6. The Bertz CT molecular complexity index is 892. The number of carbonyl (C=O) groups is 1. The third-order valence-electron chi connectivity index (χ3n) is 7.94. The summed E-state index contributed by atoms with van der Waals surface area (Å²) in [5.41, 5.74) is 0.466. The Morgan fingerprint density at radius 1 is 1.34 bits per heavy atom. The number of nitrogens with zero attached hydrogens (tertiary/aromatic N) is 4. The number of morpholine rings is 1. The van der Waals surface area contributed by atoms with Gasteiger partial charge in [0, 0.05) is 68.0 Å². The number of alkyl halides is 1. The minimum Gasteiger partial charge on any atom is -0.379 e. The van der Waals surface area contributed by atoms with Crippen molar-refractivity contribution in [2.45, 2.75) is 84.6 Å². The zero-order valence-electron chi connectivity index (χ0n) is 21.7. The van der Waals surface area contributed by atoms with Crippen molar-refractivity contribution in [2.24, 2.45) is 0 Å². The molecular formula is C27H46FN5O2. The Labute approximate surface area is 211 Å². The average molecular weight is 492 g/mol. The maximum atomic E-state index is 15.1. The molecule has 4 atom stereocenters. The molecule has 0 aliphatic carbocycles. The molecule has 35 heavy (non-hydrogen) atoms. The normalized spacial score (nSPS) is 28.8. The molecule has 0 spiro atoms. The van der Waals surface area contributed by atoms with Crippen LogP contribution in [0.25, 0.3) is 0 Å². The third kappa shape index (κ3) is 5.87. The van der Waals surface area contributed by atoms with Crippen molar-refractivity contribution in [1.29, 1.82) is 0 Å². The molecular weight excluding hydrogens is 445 g/mol. The molecule has 0 bridgehead atoms. The van der Waals surface area contributed by atoms with E-state index < -0.39 is 5.67 Å². The van der Waals surface area contributed by atoms with Gasteiger partial charge in [-0.15, -0.1) is 0 Å². The number of amides is 1. The van der Waals surface area contributed by atoms with E-state index in [2.05, 4.69) is 47.8 Å². The Kier molecular flexibility index (Phi) is 8.62. The summed E-state index contributed by atoms with van der Waals surface area (Å²) in [4.78, 5) is 25.0. The standard InChI is InChI=1S/C26H42FN5O2.CH4/c1-7-26(6,27)20-10-22-24(29-11-20)25(4,5)17-32(22)23(33)15-31-13-18(2)28-12-21(31)14-30-8-9-34-16-19(30)3;/h10-11,18-19,21,28H,7-9,12-17H2,1-6H3;1H4/t18-,19-,21-,26?;/m1./s1. The molecule has 1 aromatic heterocycles. The van der Waals surface area contributed by atoms with Crippen LogP contribution in [-0.4, -0.2) is 91.3 Å². The second kappa shape index (κ2) is 10.8. The largest absolute Gasteiger partial charge is 0.379 e. The van der Waals surface area contributed by atoms with Crippen LogP contribution in [0, 0.1) is 0 Å². The van der Waals surface area contributed by atoms with Crippen LogP contribution in [0.5, 0.6) is 0 Å². The zero-order valence-corrected chi connectivity index (χ0v) is 21.7. The van der Waals surface area contributed by atoms with Crippen molar-refractivity contribution in [1.82, 2.24) is 20.1 Å². The van der Waals surface area contributed by atoms with Gasteiger partial charge in [0.05, 0.1) is 31.1 Å². The molecule has 3 aliphatic heterocycles. The average Bonchev–Trinajstić information content (AvgIpc) is 3.07. The van der Waals surface area contributed by atoms with Gasteiger partial charge in [-0.3, -0.25) is 19.6 Å². The van der Waals surface area contributed by atoms with E-state index in [0.717, 1.165) is 50.8 Å². The molecule has 1 aromatic rings. The van der Waals surface area contributed by atoms with E-state index in [4.69, 9.17) is 4.74 Å². The first-order valence-electron chi connectivity index (χ1n) is 12.8. The predicted octanol–water partition coefficient (Wildman–Crippen LogP) is 3.32. The smallest absolute Gasteiger partial charge is 0.241 e. The van der Waals surface area contributed by atoms with E-state index in [1.807, 2.05) is 17.9 Å². The molecule has 1 unspecified atom stereocenters. The maximum absolute atomic E-state index is 15.1. The fourth-order valence-electron chi connectivity index (χ4n) is 5.42. The van der Waals surface area contributed by atoms with Gasteiger partial charge in [0.25, 0.3) is 0 Å². The minimum absolute atomic E-state index is 0. The summed E-state index contributed by atoms with van der Waals surface area (Å²) >= 11 is 0. The number of anilines is 1. The molecule has 1 N–H and O–H groups in total. The van der Waals surface area contributed by atoms with E-state index in [1.165, 1.54) is 0 Å². The van der Waals surface area contributed by atoms with Crippen molar-refractivity contribution in [2.75, 3.05) is 57.4 Å². The number of carbonyl (C=O) groups excluding carboxylic acids is 1. The number of hydrogen-bond donors (Lipinski definition) is 1. The summed E-state index contributed by atoms with van der Waals surface area (Å²) in [6.45, 7) is 18.0. The van der Waals surface area contributed by atoms with Crippen LogP contribution < -0.4 is 10.2 Å². The summed E-state index contributed by atoms with van der Waals surface area (Å²) in [6.07, 6.45) is 2.01. The molecule has 2 saturated heterocycles. The molecule has 1 amide bonds. The topological polar surface area (TPSA) is 60.9 Å². The minimum atomic E-state index is -1.46. The Morgan fingerprint density at radius 2 is 2.09 bits per heavy atom. The monoisotopic (exact) mass is 491 g/mol. The fraction of sp³-hybridized carbons (Fsp3) is 0.778. The van der Waals surface area contributed by atoms with Crippen LogP contribution in [0.1, 0.15) is 66.6 Å². The van der Waals surface area contributed by atoms with E-state index in [-0.39, 0.29) is 24.8 Å². The molecule has 0 saturated carbocycles. The predicted molar refractivity (Wildman–Crippen MR) is 140 cm³/mol. The molecule has 0 radical (unpaired) electrons. The summed E-state index contributed by atoms with van der Waals surface area (Å²) in [7, 11) is 0. The summed E-state index contributed by atoms with van der Waals surface area (Å²) in [5, 5.41) is 3.59.